The molecule has 0 spiro atoms. The van der Waals surface area contributed by atoms with Crippen LogP contribution in [0, 0.1) is 5.92 Å². The highest BCUT2D eigenvalue weighted by atomic mass is 32.2. The van der Waals surface area contributed by atoms with E-state index in [9.17, 15) is 13.2 Å². The molecule has 1 unspecified atom stereocenters. The Balaban J connectivity index is 1.87. The van der Waals surface area contributed by atoms with E-state index in [4.69, 9.17) is 9.47 Å². The lowest BCUT2D eigenvalue weighted by Crippen LogP contribution is -2.33. The zero-order chi connectivity index (χ0) is 16.2. The monoisotopic (exact) mass is 328 g/mol. The second kappa shape index (κ2) is 6.87. The first-order valence-corrected chi connectivity index (χ1v) is 8.73. The fraction of sp³-hybridized carbons (Fsp3) is 0.500. The number of sulfone groups is 1. The molecular weight excluding hydrogens is 308 g/mol. The lowest BCUT2D eigenvalue weighted by molar-refractivity contribution is 0.250. The summed E-state index contributed by atoms with van der Waals surface area (Å²) in [7, 11) is 0.130. The molecule has 1 heterocycles. The first-order valence-electron chi connectivity index (χ1n) is 6.91. The number of benzene rings is 1. The van der Waals surface area contributed by atoms with E-state index in [1.807, 2.05) is 0 Å². The van der Waals surface area contributed by atoms with Gasteiger partial charge in [-0.25, -0.2) is 13.2 Å². The Kier molecular flexibility index (Phi) is 5.12. The van der Waals surface area contributed by atoms with Gasteiger partial charge in [0.2, 0.25) is 0 Å². The van der Waals surface area contributed by atoms with Gasteiger partial charge in [-0.05, 0) is 24.5 Å². The average Bonchev–Trinajstić information content (AvgIpc) is 2.84. The Morgan fingerprint density at radius 3 is 2.59 bits per heavy atom. The van der Waals surface area contributed by atoms with E-state index in [0.29, 0.717) is 30.2 Å². The number of rotatable bonds is 5. The maximum Gasteiger partial charge on any atom is 0.319 e. The predicted octanol–water partition coefficient (Wildman–Crippen LogP) is 1.26. The Morgan fingerprint density at radius 1 is 1.27 bits per heavy atom. The highest BCUT2D eigenvalue weighted by Gasteiger charge is 2.27. The molecule has 2 N–H and O–H groups in total. The molecule has 7 nitrogen and oxygen atoms in total. The second-order valence-electron chi connectivity index (χ2n) is 5.17. The highest BCUT2D eigenvalue weighted by Crippen LogP contribution is 2.29. The number of nitrogens with one attached hydrogen (secondary N) is 2. The standard InChI is InChI=1S/C14H20N2O5S/c1-20-12-4-3-11(7-13(12)21-2)16-14(17)15-8-10-5-6-22(18,19)9-10/h3-4,7,10H,5-6,8-9H2,1-2H3,(H2,15,16,17). The zero-order valence-electron chi connectivity index (χ0n) is 12.6. The van der Waals surface area contributed by atoms with Gasteiger partial charge in [0.25, 0.3) is 0 Å². The minimum Gasteiger partial charge on any atom is -0.493 e. The summed E-state index contributed by atoms with van der Waals surface area (Å²) >= 11 is 0. The van der Waals surface area contributed by atoms with Crippen molar-refractivity contribution in [3.63, 3.8) is 0 Å². The maximum atomic E-state index is 11.8. The Labute approximate surface area is 129 Å². The van der Waals surface area contributed by atoms with E-state index in [1.54, 1.807) is 18.2 Å². The molecule has 2 amide bonds. The van der Waals surface area contributed by atoms with E-state index >= 15 is 0 Å². The number of carbonyl (C=O) groups excluding carboxylic acids is 1. The summed E-state index contributed by atoms with van der Waals surface area (Å²) in [4.78, 5) is 11.8. The summed E-state index contributed by atoms with van der Waals surface area (Å²) in [6.07, 6.45) is 0.596. The summed E-state index contributed by atoms with van der Waals surface area (Å²) in [5, 5.41) is 5.37. The van der Waals surface area contributed by atoms with Gasteiger partial charge in [-0.15, -0.1) is 0 Å². The molecule has 0 radical (unpaired) electrons. The van der Waals surface area contributed by atoms with Crippen molar-refractivity contribution in [3.05, 3.63) is 18.2 Å². The van der Waals surface area contributed by atoms with Crippen LogP contribution in [-0.2, 0) is 9.84 Å². The zero-order valence-corrected chi connectivity index (χ0v) is 13.4. The summed E-state index contributed by atoms with van der Waals surface area (Å²) in [6, 6.07) is 4.66. The van der Waals surface area contributed by atoms with Crippen molar-refractivity contribution in [3.8, 4) is 11.5 Å². The average molecular weight is 328 g/mol. The van der Waals surface area contributed by atoms with Crippen molar-refractivity contribution in [2.75, 3.05) is 37.6 Å². The quantitative estimate of drug-likeness (QED) is 0.849. The van der Waals surface area contributed by atoms with Gasteiger partial charge in [0, 0.05) is 18.3 Å². The number of hydrogen-bond donors (Lipinski definition) is 2. The van der Waals surface area contributed by atoms with Gasteiger partial charge in [-0.1, -0.05) is 0 Å². The van der Waals surface area contributed by atoms with Crippen LogP contribution in [0.4, 0.5) is 10.5 Å². The number of ether oxygens (including phenoxy) is 2. The summed E-state index contributed by atoms with van der Waals surface area (Å²) < 4.78 is 33.0. The number of anilines is 1. The Morgan fingerprint density at radius 2 is 2.00 bits per heavy atom. The SMILES string of the molecule is COc1ccc(NC(=O)NCC2CCS(=O)(=O)C2)cc1OC. The normalized spacial score (nSPS) is 19.5. The van der Waals surface area contributed by atoms with E-state index < -0.39 is 9.84 Å². The smallest absolute Gasteiger partial charge is 0.319 e. The molecule has 1 fully saturated rings. The lowest BCUT2D eigenvalue weighted by atomic mass is 10.1. The van der Waals surface area contributed by atoms with Gasteiger partial charge in [0.15, 0.2) is 21.3 Å². The lowest BCUT2D eigenvalue weighted by Gasteiger charge is -2.12. The van der Waals surface area contributed by atoms with Crippen molar-refractivity contribution in [1.82, 2.24) is 5.32 Å². The summed E-state index contributed by atoms with van der Waals surface area (Å²) in [6.45, 7) is 0.346. The van der Waals surface area contributed by atoms with Gasteiger partial charge < -0.3 is 20.1 Å². The molecule has 2 rings (SSSR count). The number of urea groups is 1. The number of amides is 2. The summed E-state index contributed by atoms with van der Waals surface area (Å²) in [5.41, 5.74) is 0.564. The second-order valence-corrected chi connectivity index (χ2v) is 7.40. The van der Waals surface area contributed by atoms with Crippen LogP contribution in [0.15, 0.2) is 18.2 Å². The first kappa shape index (κ1) is 16.4. The van der Waals surface area contributed by atoms with Crippen LogP contribution in [0.3, 0.4) is 0 Å². The van der Waals surface area contributed by atoms with Crippen LogP contribution in [0.5, 0.6) is 11.5 Å². The van der Waals surface area contributed by atoms with E-state index in [-0.39, 0.29) is 23.5 Å². The van der Waals surface area contributed by atoms with Crippen molar-refractivity contribution < 1.29 is 22.7 Å². The van der Waals surface area contributed by atoms with Crippen molar-refractivity contribution in [2.45, 2.75) is 6.42 Å². The third kappa shape index (κ3) is 4.27. The minimum absolute atomic E-state index is 0.0128. The van der Waals surface area contributed by atoms with Crippen LogP contribution in [0.1, 0.15) is 6.42 Å². The van der Waals surface area contributed by atoms with Crippen LogP contribution < -0.4 is 20.1 Å². The van der Waals surface area contributed by atoms with Gasteiger partial charge in [-0.2, -0.15) is 0 Å². The number of carbonyl (C=O) groups is 1. The fourth-order valence-electron chi connectivity index (χ4n) is 2.36. The molecule has 1 aliphatic rings. The maximum absolute atomic E-state index is 11.8. The largest absolute Gasteiger partial charge is 0.493 e. The van der Waals surface area contributed by atoms with E-state index in [0.717, 1.165) is 0 Å². The highest BCUT2D eigenvalue weighted by molar-refractivity contribution is 7.91. The van der Waals surface area contributed by atoms with Crippen LogP contribution in [0.2, 0.25) is 0 Å². The minimum atomic E-state index is -2.92. The molecular formula is C14H20N2O5S. The molecule has 0 aliphatic carbocycles. The third-order valence-corrected chi connectivity index (χ3v) is 5.36. The molecule has 1 aromatic rings. The number of hydrogen-bond acceptors (Lipinski definition) is 5. The molecule has 122 valence electrons. The predicted molar refractivity (Wildman–Crippen MR) is 83.3 cm³/mol. The van der Waals surface area contributed by atoms with E-state index in [2.05, 4.69) is 10.6 Å². The molecule has 1 aliphatic heterocycles. The molecule has 1 aromatic carbocycles. The van der Waals surface area contributed by atoms with Gasteiger partial charge >= 0.3 is 6.03 Å². The van der Waals surface area contributed by atoms with Crippen LogP contribution >= 0.6 is 0 Å². The molecule has 0 bridgehead atoms. The Hall–Kier alpha value is -1.96. The molecule has 8 heteroatoms. The molecule has 0 saturated carbocycles. The van der Waals surface area contributed by atoms with Gasteiger partial charge in [0.1, 0.15) is 0 Å². The molecule has 22 heavy (non-hydrogen) atoms. The molecule has 1 saturated heterocycles. The Bertz CT molecular complexity index is 645. The van der Waals surface area contributed by atoms with Gasteiger partial charge in [-0.3, -0.25) is 0 Å². The van der Waals surface area contributed by atoms with Gasteiger partial charge in [0.05, 0.1) is 25.7 Å². The fourth-order valence-corrected chi connectivity index (χ4v) is 4.22. The van der Waals surface area contributed by atoms with Crippen LogP contribution in [0.25, 0.3) is 0 Å². The van der Waals surface area contributed by atoms with Crippen LogP contribution in [-0.4, -0.2) is 46.7 Å². The summed E-state index contributed by atoms with van der Waals surface area (Å²) in [5.74, 6) is 1.42. The third-order valence-electron chi connectivity index (χ3n) is 3.52. The molecule has 0 aromatic heterocycles. The van der Waals surface area contributed by atoms with Crippen molar-refractivity contribution in [2.24, 2.45) is 5.92 Å². The van der Waals surface area contributed by atoms with E-state index in [1.165, 1.54) is 14.2 Å². The number of methoxy groups -OCH3 is 2. The topological polar surface area (TPSA) is 93.7 Å². The van der Waals surface area contributed by atoms with Crippen molar-refractivity contribution in [1.29, 1.82) is 0 Å². The first-order chi connectivity index (χ1) is 10.4. The van der Waals surface area contributed by atoms with Crippen molar-refractivity contribution >= 4 is 21.6 Å². The molecule has 1 atom stereocenters.